The zero-order valence-corrected chi connectivity index (χ0v) is 21.4. The smallest absolute Gasteiger partial charge is 0.318 e. The molecule has 7 nitrogen and oxygen atoms in total. The van der Waals surface area contributed by atoms with Gasteiger partial charge >= 0.3 is 6.01 Å². The van der Waals surface area contributed by atoms with Crippen molar-refractivity contribution in [2.45, 2.75) is 70.0 Å². The highest BCUT2D eigenvalue weighted by Gasteiger charge is 2.32. The Bertz CT molecular complexity index is 1040. The van der Waals surface area contributed by atoms with Gasteiger partial charge in [0.05, 0.1) is 5.69 Å². The van der Waals surface area contributed by atoms with Crippen molar-refractivity contribution in [3.05, 3.63) is 41.1 Å². The molecule has 35 heavy (non-hydrogen) atoms. The normalized spacial score (nSPS) is 27.0. The Labute approximate surface area is 209 Å². The monoisotopic (exact) mass is 476 g/mol. The molecule has 188 valence electrons. The van der Waals surface area contributed by atoms with Gasteiger partial charge in [0.1, 0.15) is 12.4 Å². The number of rotatable bonds is 5. The van der Waals surface area contributed by atoms with E-state index >= 15 is 0 Å². The fourth-order valence-corrected chi connectivity index (χ4v) is 6.58. The van der Waals surface area contributed by atoms with Gasteiger partial charge in [-0.15, -0.1) is 0 Å². The molecular weight excluding hydrogens is 436 g/mol. The van der Waals surface area contributed by atoms with Crippen LogP contribution in [0.3, 0.4) is 0 Å². The van der Waals surface area contributed by atoms with Gasteiger partial charge in [-0.1, -0.05) is 18.2 Å². The molecule has 0 bridgehead atoms. The van der Waals surface area contributed by atoms with Crippen LogP contribution in [0, 0.1) is 0 Å². The average Bonchev–Trinajstić information content (AvgIpc) is 3.30. The fourth-order valence-electron chi connectivity index (χ4n) is 6.58. The van der Waals surface area contributed by atoms with Crippen LogP contribution in [-0.4, -0.2) is 79.4 Å². The first kappa shape index (κ1) is 23.0. The highest BCUT2D eigenvalue weighted by molar-refractivity contribution is 5.58. The number of aromatic nitrogens is 2. The van der Waals surface area contributed by atoms with Crippen LogP contribution in [0.4, 0.5) is 11.5 Å². The van der Waals surface area contributed by atoms with Crippen LogP contribution in [0.1, 0.15) is 49.4 Å². The molecule has 0 spiro atoms. The zero-order valence-electron chi connectivity index (χ0n) is 21.4. The number of aryl methyl sites for hydroxylation is 1. The number of likely N-dealkylation sites (N-methyl/N-ethyl adjacent to an activating group) is 1. The number of ether oxygens (including phenoxy) is 1. The van der Waals surface area contributed by atoms with Gasteiger partial charge < -0.3 is 24.8 Å². The fraction of sp³-hybridized carbons (Fsp3) is 0.643. The Balaban J connectivity index is 1.28. The van der Waals surface area contributed by atoms with Crippen LogP contribution in [0.25, 0.3) is 0 Å². The molecule has 1 aliphatic carbocycles. The molecule has 2 fully saturated rings. The first-order valence-corrected chi connectivity index (χ1v) is 13.7. The van der Waals surface area contributed by atoms with Crippen molar-refractivity contribution in [3.63, 3.8) is 0 Å². The molecule has 1 aromatic heterocycles. The quantitative estimate of drug-likeness (QED) is 0.712. The Morgan fingerprint density at radius 3 is 2.83 bits per heavy atom. The summed E-state index contributed by atoms with van der Waals surface area (Å²) < 4.78 is 6.30. The van der Waals surface area contributed by atoms with E-state index < -0.39 is 0 Å². The first-order valence-electron chi connectivity index (χ1n) is 13.7. The van der Waals surface area contributed by atoms with Crippen molar-refractivity contribution in [1.82, 2.24) is 20.2 Å². The Kier molecular flexibility index (Phi) is 6.54. The number of hydrogen-bond donors (Lipinski definition) is 1. The summed E-state index contributed by atoms with van der Waals surface area (Å²) in [7, 11) is 2.20. The molecule has 6 rings (SSSR count). The van der Waals surface area contributed by atoms with Gasteiger partial charge in [-0.05, 0) is 70.7 Å². The summed E-state index contributed by atoms with van der Waals surface area (Å²) >= 11 is 0. The number of nitrogens with one attached hydrogen (secondary N) is 1. The molecule has 4 aliphatic rings. The van der Waals surface area contributed by atoms with E-state index in [-0.39, 0.29) is 0 Å². The molecule has 2 saturated heterocycles. The van der Waals surface area contributed by atoms with E-state index in [1.807, 2.05) is 0 Å². The lowest BCUT2D eigenvalue weighted by atomic mass is 9.88. The molecule has 0 radical (unpaired) electrons. The summed E-state index contributed by atoms with van der Waals surface area (Å²) in [6, 6.07) is 11.0. The lowest BCUT2D eigenvalue weighted by Crippen LogP contribution is -2.50. The topological polar surface area (TPSA) is 56.8 Å². The molecule has 4 heterocycles. The minimum Gasteiger partial charge on any atom is -0.462 e. The van der Waals surface area contributed by atoms with Crippen molar-refractivity contribution in [2.75, 3.05) is 56.2 Å². The highest BCUT2D eigenvalue weighted by Crippen LogP contribution is 2.36. The predicted octanol–water partition coefficient (Wildman–Crippen LogP) is 3.06. The van der Waals surface area contributed by atoms with Gasteiger partial charge in [-0.25, -0.2) is 0 Å². The van der Waals surface area contributed by atoms with E-state index in [0.717, 1.165) is 57.8 Å². The van der Waals surface area contributed by atoms with Crippen LogP contribution in [0.5, 0.6) is 6.01 Å². The maximum absolute atomic E-state index is 6.30. The van der Waals surface area contributed by atoms with E-state index in [4.69, 9.17) is 14.7 Å². The van der Waals surface area contributed by atoms with E-state index in [2.05, 4.69) is 58.3 Å². The molecule has 7 heteroatoms. The summed E-state index contributed by atoms with van der Waals surface area (Å²) in [4.78, 5) is 17.6. The standard InChI is InChI=1S/C28H40N6O/c1-20-18-33(16-13-29-20)27-24-12-11-22(34-15-5-8-21-7-3-4-10-26(21)34)17-25(24)30-28(31-27)35-19-23-9-6-14-32(23)2/h3-4,7,10,20,22-23,29H,5-6,8-9,11-19H2,1-2H3/t20-,22?,23+/m1/s1. The summed E-state index contributed by atoms with van der Waals surface area (Å²) in [5.41, 5.74) is 5.48. The van der Waals surface area contributed by atoms with Crippen LogP contribution in [-0.2, 0) is 19.3 Å². The maximum atomic E-state index is 6.30. The SMILES string of the molecule is C[C@@H]1CN(c2nc(OC[C@@H]3CCCN3C)nc3c2CCC(N2CCCc4ccccc42)C3)CCN1. The second kappa shape index (κ2) is 9.94. The number of para-hydroxylation sites is 1. The number of likely N-dealkylation sites (tertiary alicyclic amines) is 1. The number of piperazine rings is 1. The number of anilines is 2. The molecular formula is C28H40N6O. The van der Waals surface area contributed by atoms with Crippen molar-refractivity contribution in [1.29, 1.82) is 0 Å². The van der Waals surface area contributed by atoms with Crippen molar-refractivity contribution in [3.8, 4) is 6.01 Å². The third-order valence-electron chi connectivity index (χ3n) is 8.54. The molecule has 1 N–H and O–H groups in total. The van der Waals surface area contributed by atoms with Crippen LogP contribution in [0.15, 0.2) is 24.3 Å². The zero-order chi connectivity index (χ0) is 23.8. The van der Waals surface area contributed by atoms with Gasteiger partial charge in [-0.3, -0.25) is 0 Å². The molecule has 3 atom stereocenters. The van der Waals surface area contributed by atoms with E-state index in [1.54, 1.807) is 0 Å². The van der Waals surface area contributed by atoms with Gasteiger partial charge in [0.25, 0.3) is 0 Å². The second-order valence-corrected chi connectivity index (χ2v) is 11.0. The minimum atomic E-state index is 0.465. The molecule has 0 saturated carbocycles. The van der Waals surface area contributed by atoms with Crippen molar-refractivity contribution >= 4 is 11.5 Å². The summed E-state index contributed by atoms with van der Waals surface area (Å²) in [6.07, 6.45) is 8.04. The van der Waals surface area contributed by atoms with Gasteiger partial charge in [-0.2, -0.15) is 9.97 Å². The summed E-state index contributed by atoms with van der Waals surface area (Å²) in [5.74, 6) is 1.12. The molecule has 1 aromatic carbocycles. The number of hydrogen-bond acceptors (Lipinski definition) is 7. The van der Waals surface area contributed by atoms with Gasteiger partial charge in [0.15, 0.2) is 0 Å². The van der Waals surface area contributed by atoms with Gasteiger partial charge in [0.2, 0.25) is 0 Å². The third-order valence-corrected chi connectivity index (χ3v) is 8.54. The van der Waals surface area contributed by atoms with Crippen molar-refractivity contribution < 1.29 is 4.74 Å². The minimum absolute atomic E-state index is 0.465. The molecule has 2 aromatic rings. The van der Waals surface area contributed by atoms with Crippen LogP contribution < -0.4 is 19.9 Å². The number of fused-ring (bicyclic) bond motifs is 2. The molecule has 0 amide bonds. The Morgan fingerprint density at radius 1 is 1.06 bits per heavy atom. The largest absolute Gasteiger partial charge is 0.462 e. The predicted molar refractivity (Wildman–Crippen MR) is 141 cm³/mol. The first-order chi connectivity index (χ1) is 17.2. The van der Waals surface area contributed by atoms with Crippen LogP contribution >= 0.6 is 0 Å². The molecule has 1 unspecified atom stereocenters. The number of benzene rings is 1. The van der Waals surface area contributed by atoms with E-state index in [9.17, 15) is 0 Å². The van der Waals surface area contributed by atoms with Crippen molar-refractivity contribution in [2.24, 2.45) is 0 Å². The van der Waals surface area contributed by atoms with Crippen LogP contribution in [0.2, 0.25) is 0 Å². The summed E-state index contributed by atoms with van der Waals surface area (Å²) in [6.45, 7) is 8.20. The summed E-state index contributed by atoms with van der Waals surface area (Å²) in [5, 5.41) is 3.57. The van der Waals surface area contributed by atoms with E-state index in [0.29, 0.717) is 30.7 Å². The maximum Gasteiger partial charge on any atom is 0.318 e. The lowest BCUT2D eigenvalue weighted by Gasteiger charge is -2.41. The number of nitrogens with zero attached hydrogens (tertiary/aromatic N) is 5. The second-order valence-electron chi connectivity index (χ2n) is 11.0. The highest BCUT2D eigenvalue weighted by atomic mass is 16.5. The Hall–Kier alpha value is -2.38. The van der Waals surface area contributed by atoms with E-state index in [1.165, 1.54) is 48.2 Å². The molecule has 3 aliphatic heterocycles. The lowest BCUT2D eigenvalue weighted by molar-refractivity contribution is 0.187. The van der Waals surface area contributed by atoms with Gasteiger partial charge in [0, 0.05) is 62.0 Å². The third kappa shape index (κ3) is 4.73. The Morgan fingerprint density at radius 2 is 1.97 bits per heavy atom. The average molecular weight is 477 g/mol.